The van der Waals surface area contributed by atoms with Gasteiger partial charge in [-0.15, -0.1) is 6.58 Å². The van der Waals surface area contributed by atoms with Gasteiger partial charge in [-0.25, -0.2) is 0 Å². The molecule has 2 nitrogen and oxygen atoms in total. The van der Waals surface area contributed by atoms with Crippen LogP contribution in [0.2, 0.25) is 0 Å². The van der Waals surface area contributed by atoms with Crippen LogP contribution >= 0.6 is 0 Å². The summed E-state index contributed by atoms with van der Waals surface area (Å²) in [6.45, 7) is 8.90. The molecule has 2 heteroatoms. The van der Waals surface area contributed by atoms with Crippen molar-refractivity contribution in [2.45, 2.75) is 38.7 Å². The maximum atomic E-state index is 5.68. The lowest BCUT2D eigenvalue weighted by atomic mass is 9.83. The molecule has 0 aromatic carbocycles. The molecular weight excluding hydrogens is 176 g/mol. The Morgan fingerprint density at radius 1 is 1.29 bits per heavy atom. The van der Waals surface area contributed by atoms with Gasteiger partial charge in [0.2, 0.25) is 0 Å². The average molecular weight is 200 g/mol. The Bertz CT molecular complexity index is 154. The first kappa shape index (κ1) is 13.7. The molecule has 0 N–H and O–H groups in total. The van der Waals surface area contributed by atoms with E-state index in [9.17, 15) is 0 Å². The Kier molecular flexibility index (Phi) is 6.85. The summed E-state index contributed by atoms with van der Waals surface area (Å²) >= 11 is 0. The summed E-state index contributed by atoms with van der Waals surface area (Å²) in [7, 11) is 3.52. The molecule has 84 valence electrons. The van der Waals surface area contributed by atoms with Crippen molar-refractivity contribution < 1.29 is 9.47 Å². The molecule has 0 rings (SSSR count). The molecule has 0 heterocycles. The van der Waals surface area contributed by atoms with Crippen LogP contribution in [-0.4, -0.2) is 26.4 Å². The van der Waals surface area contributed by atoms with Crippen LogP contribution in [0.15, 0.2) is 12.7 Å². The largest absolute Gasteiger partial charge is 0.385 e. The van der Waals surface area contributed by atoms with Crippen LogP contribution in [0.5, 0.6) is 0 Å². The molecule has 0 radical (unpaired) electrons. The predicted molar refractivity (Wildman–Crippen MR) is 60.5 cm³/mol. The lowest BCUT2D eigenvalue weighted by Gasteiger charge is -2.36. The van der Waals surface area contributed by atoms with Crippen molar-refractivity contribution in [2.24, 2.45) is 5.92 Å². The third kappa shape index (κ3) is 3.81. The fourth-order valence-electron chi connectivity index (χ4n) is 1.76. The smallest absolute Gasteiger partial charge is 0.0726 e. The van der Waals surface area contributed by atoms with E-state index in [2.05, 4.69) is 20.4 Å². The van der Waals surface area contributed by atoms with E-state index in [4.69, 9.17) is 9.47 Å². The number of allylic oxidation sites excluding steroid dienone is 1. The van der Waals surface area contributed by atoms with Crippen LogP contribution in [0.3, 0.4) is 0 Å². The van der Waals surface area contributed by atoms with Gasteiger partial charge in [0, 0.05) is 20.8 Å². The molecule has 0 aliphatic carbocycles. The van der Waals surface area contributed by atoms with Crippen LogP contribution in [0.1, 0.15) is 33.1 Å². The monoisotopic (exact) mass is 200 g/mol. The molecule has 0 bridgehead atoms. The molecule has 0 saturated carbocycles. The maximum absolute atomic E-state index is 5.68. The fraction of sp³-hybridized carbons (Fsp3) is 0.833. The first-order valence-electron chi connectivity index (χ1n) is 5.28. The van der Waals surface area contributed by atoms with Gasteiger partial charge in [-0.05, 0) is 25.2 Å². The van der Waals surface area contributed by atoms with E-state index < -0.39 is 0 Å². The van der Waals surface area contributed by atoms with E-state index in [1.165, 1.54) is 0 Å². The normalized spacial score (nSPS) is 15.5. The van der Waals surface area contributed by atoms with Gasteiger partial charge < -0.3 is 9.47 Å². The molecule has 0 aliphatic heterocycles. The van der Waals surface area contributed by atoms with E-state index in [0.717, 1.165) is 25.9 Å². The Morgan fingerprint density at radius 2 is 1.93 bits per heavy atom. The molecule has 0 unspecified atom stereocenters. The van der Waals surface area contributed by atoms with Gasteiger partial charge in [0.25, 0.3) is 0 Å². The predicted octanol–water partition coefficient (Wildman–Crippen LogP) is 3.03. The second-order valence-corrected chi connectivity index (χ2v) is 3.99. The first-order chi connectivity index (χ1) is 6.63. The summed E-state index contributed by atoms with van der Waals surface area (Å²) < 4.78 is 10.8. The SMILES string of the molecule is C=CCC[C@](CCOC)(OC)C(C)C. The summed E-state index contributed by atoms with van der Waals surface area (Å²) in [6, 6.07) is 0. The zero-order valence-corrected chi connectivity index (χ0v) is 10.0. The van der Waals surface area contributed by atoms with Crippen molar-refractivity contribution >= 4 is 0 Å². The zero-order valence-electron chi connectivity index (χ0n) is 10.0. The van der Waals surface area contributed by atoms with Crippen molar-refractivity contribution in [3.63, 3.8) is 0 Å². The van der Waals surface area contributed by atoms with Crippen LogP contribution in [-0.2, 0) is 9.47 Å². The summed E-state index contributed by atoms with van der Waals surface area (Å²) in [6.07, 6.45) is 4.91. The molecule has 0 saturated heterocycles. The summed E-state index contributed by atoms with van der Waals surface area (Å²) in [5, 5.41) is 0. The molecule has 0 fully saturated rings. The van der Waals surface area contributed by atoms with Crippen molar-refractivity contribution in [1.29, 1.82) is 0 Å². The summed E-state index contributed by atoms with van der Waals surface area (Å²) in [4.78, 5) is 0. The van der Waals surface area contributed by atoms with E-state index in [-0.39, 0.29) is 5.60 Å². The number of ether oxygens (including phenoxy) is 2. The Hall–Kier alpha value is -0.340. The van der Waals surface area contributed by atoms with Crippen molar-refractivity contribution in [1.82, 2.24) is 0 Å². The Balaban J connectivity index is 4.34. The lowest BCUT2D eigenvalue weighted by Crippen LogP contribution is -2.38. The number of hydrogen-bond acceptors (Lipinski definition) is 2. The molecule has 0 aromatic heterocycles. The highest BCUT2D eigenvalue weighted by Gasteiger charge is 2.32. The maximum Gasteiger partial charge on any atom is 0.0726 e. The van der Waals surface area contributed by atoms with Gasteiger partial charge in [-0.1, -0.05) is 19.9 Å². The third-order valence-corrected chi connectivity index (χ3v) is 2.96. The Morgan fingerprint density at radius 3 is 2.29 bits per heavy atom. The second kappa shape index (κ2) is 7.02. The molecule has 0 aromatic rings. The second-order valence-electron chi connectivity index (χ2n) is 3.99. The standard InChI is InChI=1S/C12H24O2/c1-6-7-8-12(14-5,11(2)3)9-10-13-4/h6,11H,1,7-10H2,2-5H3/t12-/m1/s1. The topological polar surface area (TPSA) is 18.5 Å². The quantitative estimate of drug-likeness (QED) is 0.561. The number of rotatable bonds is 8. The van der Waals surface area contributed by atoms with E-state index in [0.29, 0.717) is 5.92 Å². The summed E-state index contributed by atoms with van der Waals surface area (Å²) in [5.41, 5.74) is -0.0514. The molecule has 1 atom stereocenters. The molecular formula is C12H24O2. The van der Waals surface area contributed by atoms with E-state index in [1.54, 1.807) is 14.2 Å². The molecule has 0 spiro atoms. The van der Waals surface area contributed by atoms with Crippen molar-refractivity contribution in [3.05, 3.63) is 12.7 Å². The molecule has 0 aliphatic rings. The van der Waals surface area contributed by atoms with Crippen molar-refractivity contribution in [2.75, 3.05) is 20.8 Å². The van der Waals surface area contributed by atoms with Gasteiger partial charge >= 0.3 is 0 Å². The average Bonchev–Trinajstić information content (AvgIpc) is 2.18. The van der Waals surface area contributed by atoms with E-state index in [1.807, 2.05) is 6.08 Å². The summed E-state index contributed by atoms with van der Waals surface area (Å²) in [5.74, 6) is 0.502. The van der Waals surface area contributed by atoms with Crippen LogP contribution in [0.4, 0.5) is 0 Å². The first-order valence-corrected chi connectivity index (χ1v) is 5.28. The molecule has 14 heavy (non-hydrogen) atoms. The minimum atomic E-state index is -0.0514. The highest BCUT2D eigenvalue weighted by atomic mass is 16.5. The zero-order chi connectivity index (χ0) is 11.0. The minimum Gasteiger partial charge on any atom is -0.385 e. The van der Waals surface area contributed by atoms with Crippen LogP contribution < -0.4 is 0 Å². The van der Waals surface area contributed by atoms with Gasteiger partial charge in [0.05, 0.1) is 5.60 Å². The highest BCUT2D eigenvalue weighted by molar-refractivity contribution is 4.86. The van der Waals surface area contributed by atoms with Crippen molar-refractivity contribution in [3.8, 4) is 0 Å². The van der Waals surface area contributed by atoms with Gasteiger partial charge in [-0.2, -0.15) is 0 Å². The number of hydrogen-bond donors (Lipinski definition) is 0. The van der Waals surface area contributed by atoms with Crippen LogP contribution in [0, 0.1) is 5.92 Å². The highest BCUT2D eigenvalue weighted by Crippen LogP contribution is 2.30. The minimum absolute atomic E-state index is 0.0514. The lowest BCUT2D eigenvalue weighted by molar-refractivity contribution is -0.0718. The van der Waals surface area contributed by atoms with Gasteiger partial charge in [0.15, 0.2) is 0 Å². The fourth-order valence-corrected chi connectivity index (χ4v) is 1.76. The van der Waals surface area contributed by atoms with Gasteiger partial charge in [0.1, 0.15) is 0 Å². The third-order valence-electron chi connectivity index (χ3n) is 2.96. The number of methoxy groups -OCH3 is 2. The Labute approximate surface area is 88.3 Å². The van der Waals surface area contributed by atoms with E-state index >= 15 is 0 Å². The molecule has 0 amide bonds. The van der Waals surface area contributed by atoms with Gasteiger partial charge in [-0.3, -0.25) is 0 Å². The van der Waals surface area contributed by atoms with Crippen LogP contribution in [0.25, 0.3) is 0 Å².